The molecule has 0 aliphatic heterocycles. The average molecular weight is 355 g/mol. The molecule has 2 unspecified atom stereocenters. The van der Waals surface area contributed by atoms with E-state index < -0.39 is 22.0 Å². The van der Waals surface area contributed by atoms with Crippen molar-refractivity contribution in [3.8, 4) is 0 Å². The molecule has 1 aromatic rings. The van der Waals surface area contributed by atoms with Gasteiger partial charge < -0.3 is 5.73 Å². The van der Waals surface area contributed by atoms with Crippen molar-refractivity contribution in [2.24, 2.45) is 11.7 Å². The zero-order chi connectivity index (χ0) is 13.9. The number of sulfonamides is 1. The molecule has 1 amide bonds. The highest BCUT2D eigenvalue weighted by molar-refractivity contribution is 9.11. The molecule has 2 atom stereocenters. The number of carbonyl (C=O) groups is 1. The summed E-state index contributed by atoms with van der Waals surface area (Å²) in [7, 11) is -3.70. The van der Waals surface area contributed by atoms with Crippen LogP contribution in [0.15, 0.2) is 20.1 Å². The third-order valence-electron chi connectivity index (χ3n) is 2.62. The summed E-state index contributed by atoms with van der Waals surface area (Å²) < 4.78 is 27.3. The second-order valence-corrected chi connectivity index (χ2v) is 8.35. The van der Waals surface area contributed by atoms with E-state index >= 15 is 0 Å². The lowest BCUT2D eigenvalue weighted by molar-refractivity contribution is -0.120. The Balaban J connectivity index is 2.96. The molecule has 0 aliphatic carbocycles. The number of halogens is 1. The molecule has 0 bridgehead atoms. The van der Waals surface area contributed by atoms with Crippen molar-refractivity contribution in [2.45, 2.75) is 30.5 Å². The molecule has 0 fully saturated rings. The Bertz CT molecular complexity index is 527. The Morgan fingerprint density at radius 2 is 2.17 bits per heavy atom. The minimum Gasteiger partial charge on any atom is -0.368 e. The van der Waals surface area contributed by atoms with Gasteiger partial charge in [-0.25, -0.2) is 8.42 Å². The molecule has 102 valence electrons. The van der Waals surface area contributed by atoms with E-state index in [-0.39, 0.29) is 10.1 Å². The molecule has 0 aromatic carbocycles. The Labute approximate surface area is 119 Å². The summed E-state index contributed by atoms with van der Waals surface area (Å²) >= 11 is 4.28. The van der Waals surface area contributed by atoms with Crippen molar-refractivity contribution in [3.63, 3.8) is 0 Å². The van der Waals surface area contributed by atoms with Crippen molar-refractivity contribution in [1.82, 2.24) is 4.72 Å². The molecule has 3 N–H and O–H groups in total. The van der Waals surface area contributed by atoms with Crippen molar-refractivity contribution >= 4 is 43.2 Å². The van der Waals surface area contributed by atoms with Crippen LogP contribution < -0.4 is 10.5 Å². The van der Waals surface area contributed by atoms with Crippen LogP contribution >= 0.6 is 27.3 Å². The maximum Gasteiger partial charge on any atom is 0.250 e. The van der Waals surface area contributed by atoms with Gasteiger partial charge in [-0.15, -0.1) is 11.3 Å². The fourth-order valence-electron chi connectivity index (χ4n) is 1.36. The third-order valence-corrected chi connectivity index (χ3v) is 6.17. The zero-order valence-corrected chi connectivity index (χ0v) is 13.2. The largest absolute Gasteiger partial charge is 0.368 e. The van der Waals surface area contributed by atoms with Crippen LogP contribution in [-0.4, -0.2) is 20.4 Å². The van der Waals surface area contributed by atoms with Gasteiger partial charge in [0.05, 0.1) is 3.79 Å². The second-order valence-electron chi connectivity index (χ2n) is 3.95. The van der Waals surface area contributed by atoms with E-state index in [4.69, 9.17) is 5.73 Å². The first-order valence-electron chi connectivity index (χ1n) is 5.35. The first kappa shape index (κ1) is 15.6. The molecular formula is C10H15BrN2O3S2. The molecule has 0 saturated heterocycles. The predicted octanol–water partition coefficient (Wildman–Crippen LogP) is 1.69. The Morgan fingerprint density at radius 3 is 2.56 bits per heavy atom. The van der Waals surface area contributed by atoms with Gasteiger partial charge in [-0.2, -0.15) is 4.72 Å². The number of hydrogen-bond acceptors (Lipinski definition) is 4. The third kappa shape index (κ3) is 3.78. The van der Waals surface area contributed by atoms with E-state index in [0.717, 1.165) is 11.3 Å². The molecule has 0 radical (unpaired) electrons. The number of nitrogens with one attached hydrogen (secondary N) is 1. The molecule has 0 saturated carbocycles. The zero-order valence-electron chi connectivity index (χ0n) is 10.0. The molecule has 8 heteroatoms. The maximum absolute atomic E-state index is 12.1. The van der Waals surface area contributed by atoms with E-state index in [9.17, 15) is 13.2 Å². The van der Waals surface area contributed by atoms with E-state index in [0.29, 0.717) is 10.2 Å². The van der Waals surface area contributed by atoms with Crippen LogP contribution in [-0.2, 0) is 14.8 Å². The lowest BCUT2D eigenvalue weighted by atomic mass is 10.00. The molecular weight excluding hydrogens is 340 g/mol. The van der Waals surface area contributed by atoms with Gasteiger partial charge in [-0.05, 0) is 34.0 Å². The van der Waals surface area contributed by atoms with E-state index in [1.165, 1.54) is 6.07 Å². The predicted molar refractivity (Wildman–Crippen MR) is 74.8 cm³/mol. The quantitative estimate of drug-likeness (QED) is 0.814. The van der Waals surface area contributed by atoms with Crippen LogP contribution in [0, 0.1) is 5.92 Å². The summed E-state index contributed by atoms with van der Waals surface area (Å²) in [4.78, 5) is 11.3. The summed E-state index contributed by atoms with van der Waals surface area (Å²) in [6.45, 7) is 3.65. The lowest BCUT2D eigenvalue weighted by Gasteiger charge is -2.20. The Kier molecular flexibility index (Phi) is 5.32. The highest BCUT2D eigenvalue weighted by Gasteiger charge is 2.28. The molecule has 1 aromatic heterocycles. The molecule has 1 rings (SSSR count). The van der Waals surface area contributed by atoms with Gasteiger partial charge in [-0.1, -0.05) is 20.3 Å². The SMILES string of the molecule is CCC(C)C(NS(=O)(=O)c1ccc(Br)s1)C(N)=O. The lowest BCUT2D eigenvalue weighted by Crippen LogP contribution is -2.48. The average Bonchev–Trinajstić information content (AvgIpc) is 2.72. The Morgan fingerprint density at radius 1 is 1.56 bits per heavy atom. The molecule has 5 nitrogen and oxygen atoms in total. The first-order chi connectivity index (χ1) is 8.27. The van der Waals surface area contributed by atoms with E-state index in [2.05, 4.69) is 20.7 Å². The standard InChI is InChI=1S/C10H15BrN2O3S2/c1-3-6(2)9(10(12)14)13-18(15,16)8-5-4-7(11)17-8/h4-6,9,13H,3H2,1-2H3,(H2,12,14). The Hall–Kier alpha value is -0.440. The van der Waals surface area contributed by atoms with Crippen LogP contribution in [0.4, 0.5) is 0 Å². The summed E-state index contributed by atoms with van der Waals surface area (Å²) in [5, 5.41) is 0. The molecule has 0 spiro atoms. The fourth-order valence-corrected chi connectivity index (χ4v) is 4.70. The minimum atomic E-state index is -3.70. The second kappa shape index (κ2) is 6.14. The number of primary amides is 1. The number of hydrogen-bond donors (Lipinski definition) is 2. The highest BCUT2D eigenvalue weighted by atomic mass is 79.9. The first-order valence-corrected chi connectivity index (χ1v) is 8.44. The number of nitrogens with two attached hydrogens (primary N) is 1. The number of amides is 1. The normalized spacial score (nSPS) is 15.3. The van der Waals surface area contributed by atoms with Crippen LogP contribution in [0.1, 0.15) is 20.3 Å². The summed E-state index contributed by atoms with van der Waals surface area (Å²) in [6.07, 6.45) is 0.657. The number of carbonyl (C=O) groups excluding carboxylic acids is 1. The van der Waals surface area contributed by atoms with Gasteiger partial charge in [0, 0.05) is 0 Å². The smallest absolute Gasteiger partial charge is 0.250 e. The van der Waals surface area contributed by atoms with Crippen LogP contribution in [0.5, 0.6) is 0 Å². The number of thiophene rings is 1. The molecule has 1 heterocycles. The minimum absolute atomic E-state index is 0.152. The van der Waals surface area contributed by atoms with Crippen molar-refractivity contribution in [2.75, 3.05) is 0 Å². The van der Waals surface area contributed by atoms with E-state index in [1.54, 1.807) is 13.0 Å². The highest BCUT2D eigenvalue weighted by Crippen LogP contribution is 2.26. The van der Waals surface area contributed by atoms with Gasteiger partial charge >= 0.3 is 0 Å². The van der Waals surface area contributed by atoms with Crippen molar-refractivity contribution in [3.05, 3.63) is 15.9 Å². The molecule has 0 aliphatic rings. The van der Waals surface area contributed by atoms with E-state index in [1.807, 2.05) is 6.92 Å². The summed E-state index contributed by atoms with van der Waals surface area (Å²) in [6, 6.07) is 2.23. The number of rotatable bonds is 6. The molecule has 18 heavy (non-hydrogen) atoms. The van der Waals surface area contributed by atoms with Gasteiger partial charge in [0.25, 0.3) is 10.0 Å². The topological polar surface area (TPSA) is 89.3 Å². The van der Waals surface area contributed by atoms with Crippen LogP contribution in [0.25, 0.3) is 0 Å². The van der Waals surface area contributed by atoms with Crippen LogP contribution in [0.3, 0.4) is 0 Å². The van der Waals surface area contributed by atoms with Crippen molar-refractivity contribution < 1.29 is 13.2 Å². The summed E-state index contributed by atoms with van der Waals surface area (Å²) in [5.41, 5.74) is 5.23. The monoisotopic (exact) mass is 354 g/mol. The summed E-state index contributed by atoms with van der Waals surface area (Å²) in [5.74, 6) is -0.816. The van der Waals surface area contributed by atoms with Gasteiger partial charge in [0.15, 0.2) is 0 Å². The van der Waals surface area contributed by atoms with Gasteiger partial charge in [0.1, 0.15) is 10.3 Å². The van der Waals surface area contributed by atoms with Gasteiger partial charge in [-0.3, -0.25) is 4.79 Å². The fraction of sp³-hybridized carbons (Fsp3) is 0.500. The van der Waals surface area contributed by atoms with Gasteiger partial charge in [0.2, 0.25) is 5.91 Å². The van der Waals surface area contributed by atoms with Crippen molar-refractivity contribution in [1.29, 1.82) is 0 Å². The van der Waals surface area contributed by atoms with Crippen LogP contribution in [0.2, 0.25) is 0 Å². The maximum atomic E-state index is 12.1.